The molecule has 8 heteroatoms. The number of sulfonamides is 1. The van der Waals surface area contributed by atoms with E-state index >= 15 is 0 Å². The molecule has 0 bridgehead atoms. The van der Waals surface area contributed by atoms with Gasteiger partial charge in [-0.2, -0.15) is 5.26 Å². The zero-order valence-corrected chi connectivity index (χ0v) is 17.5. The van der Waals surface area contributed by atoms with E-state index in [9.17, 15) is 13.2 Å². The van der Waals surface area contributed by atoms with E-state index in [-0.39, 0.29) is 23.8 Å². The highest BCUT2D eigenvalue weighted by atomic mass is 32.2. The molecular formula is C21H26N4O3S. The van der Waals surface area contributed by atoms with Crippen molar-refractivity contribution in [1.82, 2.24) is 9.62 Å². The van der Waals surface area contributed by atoms with Crippen LogP contribution in [0.4, 0.5) is 5.69 Å². The van der Waals surface area contributed by atoms with Gasteiger partial charge in [-0.1, -0.05) is 26.0 Å². The van der Waals surface area contributed by atoms with Crippen LogP contribution in [0.2, 0.25) is 0 Å². The molecule has 0 saturated heterocycles. The molecule has 0 heterocycles. The van der Waals surface area contributed by atoms with E-state index in [1.54, 1.807) is 0 Å². The Bertz CT molecular complexity index is 962. The normalized spacial score (nSPS) is 11.2. The average molecular weight is 415 g/mol. The molecule has 0 fully saturated rings. The summed E-state index contributed by atoms with van der Waals surface area (Å²) in [6.45, 7) is 6.98. The summed E-state index contributed by atoms with van der Waals surface area (Å²) in [6.07, 6.45) is 0.0903. The van der Waals surface area contributed by atoms with Crippen molar-refractivity contribution in [3.8, 4) is 6.07 Å². The summed E-state index contributed by atoms with van der Waals surface area (Å²) in [4.78, 5) is 14.8. The van der Waals surface area contributed by atoms with Crippen molar-refractivity contribution >= 4 is 21.6 Å². The minimum Gasteiger partial charge on any atom is -0.322 e. The number of hydrogen-bond acceptors (Lipinski definition) is 5. The minimum absolute atomic E-state index is 0.0465. The first kappa shape index (κ1) is 22.6. The first-order valence-electron chi connectivity index (χ1n) is 9.49. The maximum absolute atomic E-state index is 12.5. The molecule has 0 radical (unpaired) electrons. The molecule has 0 unspecified atom stereocenters. The second-order valence-corrected chi connectivity index (χ2v) is 8.21. The topological polar surface area (TPSA) is 102 Å². The molecule has 0 atom stereocenters. The van der Waals surface area contributed by atoms with Crippen molar-refractivity contribution < 1.29 is 13.2 Å². The molecule has 1 amide bonds. The molecule has 0 saturated carbocycles. The van der Waals surface area contributed by atoms with Gasteiger partial charge in [-0.05, 0) is 55.1 Å². The number of anilines is 1. The molecule has 7 nitrogen and oxygen atoms in total. The second-order valence-electron chi connectivity index (χ2n) is 6.45. The molecular weight excluding hydrogens is 388 g/mol. The highest BCUT2D eigenvalue weighted by Gasteiger charge is 2.14. The first-order chi connectivity index (χ1) is 13.9. The Morgan fingerprint density at radius 1 is 1.10 bits per heavy atom. The molecule has 2 N–H and O–H groups in total. The first-order valence-corrected chi connectivity index (χ1v) is 11.0. The van der Waals surface area contributed by atoms with Crippen LogP contribution in [0.1, 0.15) is 36.2 Å². The predicted molar refractivity (Wildman–Crippen MR) is 113 cm³/mol. The summed E-state index contributed by atoms with van der Waals surface area (Å²) in [7, 11) is -3.69. The Labute approximate surface area is 172 Å². The van der Waals surface area contributed by atoms with Gasteiger partial charge in [0.15, 0.2) is 0 Å². The van der Waals surface area contributed by atoms with Crippen LogP contribution in [0.15, 0.2) is 53.4 Å². The van der Waals surface area contributed by atoms with Crippen LogP contribution in [0, 0.1) is 11.3 Å². The van der Waals surface area contributed by atoms with Crippen LogP contribution in [0.25, 0.3) is 0 Å². The minimum atomic E-state index is -3.69. The summed E-state index contributed by atoms with van der Waals surface area (Å²) < 4.78 is 26.6. The maximum atomic E-state index is 12.5. The van der Waals surface area contributed by atoms with Crippen molar-refractivity contribution in [2.75, 3.05) is 25.0 Å². The second kappa shape index (κ2) is 10.7. The lowest BCUT2D eigenvalue weighted by molar-refractivity contribution is 0.102. The third-order valence-electron chi connectivity index (χ3n) is 4.44. The number of hydrogen-bond donors (Lipinski definition) is 2. The zero-order chi connectivity index (χ0) is 21.3. The SMILES string of the molecule is CCN(CC)Cc1cccc(NC(=O)c2ccc(S(=O)(=O)NCCC#N)cc2)c1. The smallest absolute Gasteiger partial charge is 0.255 e. The van der Waals surface area contributed by atoms with E-state index in [0.717, 1.165) is 25.2 Å². The van der Waals surface area contributed by atoms with Crippen LogP contribution >= 0.6 is 0 Å². The number of nitriles is 1. The van der Waals surface area contributed by atoms with Gasteiger partial charge in [0.05, 0.1) is 11.0 Å². The summed E-state index contributed by atoms with van der Waals surface area (Å²) in [6, 6.07) is 15.2. The van der Waals surface area contributed by atoms with Gasteiger partial charge in [-0.25, -0.2) is 13.1 Å². The van der Waals surface area contributed by atoms with Crippen LogP contribution in [0.5, 0.6) is 0 Å². The standard InChI is InChI=1S/C21H26N4O3S/c1-3-25(4-2)16-17-7-5-8-19(15-17)24-21(26)18-9-11-20(12-10-18)29(27,28)23-14-6-13-22/h5,7-12,15,23H,3-4,6,14,16H2,1-2H3,(H,24,26). The molecule has 0 aliphatic heterocycles. The molecule has 0 aliphatic carbocycles. The monoisotopic (exact) mass is 414 g/mol. The largest absolute Gasteiger partial charge is 0.322 e. The van der Waals surface area contributed by atoms with Crippen molar-refractivity contribution in [2.45, 2.75) is 31.7 Å². The van der Waals surface area contributed by atoms with E-state index in [4.69, 9.17) is 5.26 Å². The lowest BCUT2D eigenvalue weighted by atomic mass is 10.1. The highest BCUT2D eigenvalue weighted by molar-refractivity contribution is 7.89. The van der Waals surface area contributed by atoms with Crippen molar-refractivity contribution in [3.63, 3.8) is 0 Å². The number of amides is 1. The van der Waals surface area contributed by atoms with Gasteiger partial charge >= 0.3 is 0 Å². The van der Waals surface area contributed by atoms with Gasteiger partial charge in [0.2, 0.25) is 10.0 Å². The third kappa shape index (κ3) is 6.68. The fraction of sp³-hybridized carbons (Fsp3) is 0.333. The quantitative estimate of drug-likeness (QED) is 0.582. The summed E-state index contributed by atoms with van der Waals surface area (Å²) >= 11 is 0. The van der Waals surface area contributed by atoms with Crippen LogP contribution in [0.3, 0.4) is 0 Å². The van der Waals surface area contributed by atoms with Crippen LogP contribution < -0.4 is 10.0 Å². The van der Waals surface area contributed by atoms with E-state index in [1.165, 1.54) is 24.3 Å². The van der Waals surface area contributed by atoms with Crippen LogP contribution in [-0.2, 0) is 16.6 Å². The Hall–Kier alpha value is -2.73. The number of nitrogens with zero attached hydrogens (tertiary/aromatic N) is 2. The third-order valence-corrected chi connectivity index (χ3v) is 5.92. The van der Waals surface area contributed by atoms with E-state index < -0.39 is 10.0 Å². The Morgan fingerprint density at radius 3 is 2.41 bits per heavy atom. The Kier molecular flexibility index (Phi) is 8.34. The van der Waals surface area contributed by atoms with Gasteiger partial charge in [-0.15, -0.1) is 0 Å². The molecule has 2 aromatic rings. The fourth-order valence-corrected chi connectivity index (χ4v) is 3.80. The zero-order valence-electron chi connectivity index (χ0n) is 16.7. The van der Waals surface area contributed by atoms with E-state index in [1.807, 2.05) is 30.3 Å². The molecule has 154 valence electrons. The van der Waals surface area contributed by atoms with Crippen molar-refractivity contribution in [3.05, 3.63) is 59.7 Å². The number of benzene rings is 2. The average Bonchev–Trinajstić information content (AvgIpc) is 2.72. The number of carbonyl (C=O) groups is 1. The summed E-state index contributed by atoms with van der Waals surface area (Å²) in [5.41, 5.74) is 2.15. The lowest BCUT2D eigenvalue weighted by Gasteiger charge is -2.18. The summed E-state index contributed by atoms with van der Waals surface area (Å²) in [5, 5.41) is 11.4. The highest BCUT2D eigenvalue weighted by Crippen LogP contribution is 2.16. The number of nitrogens with one attached hydrogen (secondary N) is 2. The maximum Gasteiger partial charge on any atom is 0.255 e. The Balaban J connectivity index is 2.05. The van der Waals surface area contributed by atoms with Crippen molar-refractivity contribution in [2.24, 2.45) is 0 Å². The van der Waals surface area contributed by atoms with Gasteiger partial charge in [0.25, 0.3) is 5.91 Å². The number of carbonyl (C=O) groups excluding carboxylic acids is 1. The lowest BCUT2D eigenvalue weighted by Crippen LogP contribution is -2.24. The molecule has 2 aromatic carbocycles. The number of rotatable bonds is 10. The molecule has 0 aromatic heterocycles. The van der Waals surface area contributed by atoms with E-state index in [2.05, 4.69) is 28.8 Å². The van der Waals surface area contributed by atoms with Gasteiger partial charge in [0, 0.05) is 30.8 Å². The summed E-state index contributed by atoms with van der Waals surface area (Å²) in [5.74, 6) is -0.314. The molecule has 29 heavy (non-hydrogen) atoms. The molecule has 0 spiro atoms. The van der Waals surface area contributed by atoms with Crippen LogP contribution in [-0.4, -0.2) is 38.9 Å². The molecule has 2 rings (SSSR count). The van der Waals surface area contributed by atoms with Crippen molar-refractivity contribution in [1.29, 1.82) is 5.26 Å². The predicted octanol–water partition coefficient (Wildman–Crippen LogP) is 2.97. The fourth-order valence-electron chi connectivity index (χ4n) is 2.77. The van der Waals surface area contributed by atoms with Gasteiger partial charge in [-0.3, -0.25) is 9.69 Å². The van der Waals surface area contributed by atoms with E-state index in [0.29, 0.717) is 11.3 Å². The van der Waals surface area contributed by atoms with Gasteiger partial charge in [0.1, 0.15) is 0 Å². The Morgan fingerprint density at radius 2 is 1.79 bits per heavy atom. The molecule has 0 aliphatic rings. The van der Waals surface area contributed by atoms with Gasteiger partial charge < -0.3 is 5.32 Å².